The second-order valence-corrected chi connectivity index (χ2v) is 7.17. The number of methoxy groups -OCH3 is 1. The maximum Gasteiger partial charge on any atom is 0.232 e. The average molecular weight is 383 g/mol. The molecule has 1 aliphatic rings. The van der Waals surface area contributed by atoms with Gasteiger partial charge in [-0.2, -0.15) is 0 Å². The Labute approximate surface area is 157 Å². The first-order valence-electron chi connectivity index (χ1n) is 8.34. The number of aromatic nitrogens is 3. The quantitative estimate of drug-likeness (QED) is 0.518. The monoisotopic (exact) mass is 383 g/mol. The zero-order valence-corrected chi connectivity index (χ0v) is 15.4. The minimum Gasteiger partial charge on any atom is -0.484 e. The Morgan fingerprint density at radius 3 is 2.70 bits per heavy atom. The Morgan fingerprint density at radius 1 is 1.07 bits per heavy atom. The third-order valence-electron chi connectivity index (χ3n) is 4.33. The average Bonchev–Trinajstić information content (AvgIpc) is 3.11. The molecule has 2 aromatic heterocycles. The molecular weight excluding hydrogens is 369 g/mol. The zero-order chi connectivity index (χ0) is 18.5. The standard InChI is InChI=1S/C19H14FN3O3S/c1-9-5-10(15-12(6-9)22-14(24-2)8-21-15)19-23-13-7-11(20)16-17(18(13)27-19)26-4-3-25-16/h5-8H,3-4H2,1-2H3. The van der Waals surface area contributed by atoms with Crippen LogP contribution in [-0.4, -0.2) is 35.3 Å². The van der Waals surface area contributed by atoms with Crippen LogP contribution in [0.4, 0.5) is 4.39 Å². The van der Waals surface area contributed by atoms with E-state index in [1.807, 2.05) is 19.1 Å². The first kappa shape index (κ1) is 16.2. The molecule has 5 rings (SSSR count). The van der Waals surface area contributed by atoms with E-state index >= 15 is 0 Å². The van der Waals surface area contributed by atoms with E-state index in [-0.39, 0.29) is 5.75 Å². The van der Waals surface area contributed by atoms with Crippen molar-refractivity contribution in [2.75, 3.05) is 20.3 Å². The lowest BCUT2D eigenvalue weighted by Gasteiger charge is -2.18. The van der Waals surface area contributed by atoms with E-state index in [0.717, 1.165) is 26.4 Å². The molecule has 0 unspecified atom stereocenters. The van der Waals surface area contributed by atoms with E-state index in [2.05, 4.69) is 15.0 Å². The summed E-state index contributed by atoms with van der Waals surface area (Å²) in [5.74, 6) is 0.560. The van der Waals surface area contributed by atoms with E-state index in [0.29, 0.717) is 35.9 Å². The number of halogens is 1. The predicted molar refractivity (Wildman–Crippen MR) is 100 cm³/mol. The fourth-order valence-corrected chi connectivity index (χ4v) is 4.22. The summed E-state index contributed by atoms with van der Waals surface area (Å²) >= 11 is 1.43. The summed E-state index contributed by atoms with van der Waals surface area (Å²) in [6, 6.07) is 5.33. The van der Waals surface area contributed by atoms with Crippen LogP contribution in [-0.2, 0) is 0 Å². The van der Waals surface area contributed by atoms with Gasteiger partial charge in [0.1, 0.15) is 22.9 Å². The van der Waals surface area contributed by atoms with Crippen molar-refractivity contribution in [3.8, 4) is 28.0 Å². The number of nitrogens with zero attached hydrogens (tertiary/aromatic N) is 3. The number of thiazole rings is 1. The van der Waals surface area contributed by atoms with Crippen LogP contribution < -0.4 is 14.2 Å². The maximum absolute atomic E-state index is 14.3. The van der Waals surface area contributed by atoms with Crippen molar-refractivity contribution in [2.24, 2.45) is 0 Å². The van der Waals surface area contributed by atoms with Gasteiger partial charge < -0.3 is 14.2 Å². The normalized spacial score (nSPS) is 13.3. The van der Waals surface area contributed by atoms with Gasteiger partial charge in [0.2, 0.25) is 5.88 Å². The summed E-state index contributed by atoms with van der Waals surface area (Å²) in [4.78, 5) is 13.6. The summed E-state index contributed by atoms with van der Waals surface area (Å²) < 4.78 is 31.4. The molecular formula is C19H14FN3O3S. The predicted octanol–water partition coefficient (Wildman–Crippen LogP) is 4.13. The Bertz CT molecular complexity index is 1210. The molecule has 4 aromatic rings. The molecule has 0 saturated carbocycles. The number of ether oxygens (including phenoxy) is 3. The van der Waals surface area contributed by atoms with Crippen LogP contribution in [0.1, 0.15) is 5.56 Å². The minimum absolute atomic E-state index is 0.155. The first-order valence-corrected chi connectivity index (χ1v) is 9.16. The Kier molecular flexibility index (Phi) is 3.61. The number of benzene rings is 2. The van der Waals surface area contributed by atoms with E-state index in [1.165, 1.54) is 17.4 Å². The summed E-state index contributed by atoms with van der Waals surface area (Å²) in [5.41, 5.74) is 3.83. The maximum atomic E-state index is 14.3. The molecule has 0 fully saturated rings. The number of hydrogen-bond donors (Lipinski definition) is 0. The fourth-order valence-electron chi connectivity index (χ4n) is 3.17. The van der Waals surface area contributed by atoms with Crippen LogP contribution in [0.15, 0.2) is 24.4 Å². The van der Waals surface area contributed by atoms with Crippen LogP contribution >= 0.6 is 11.3 Å². The summed E-state index contributed by atoms with van der Waals surface area (Å²) in [6.07, 6.45) is 1.58. The van der Waals surface area contributed by atoms with Crippen molar-refractivity contribution in [2.45, 2.75) is 6.92 Å². The molecule has 0 spiro atoms. The number of rotatable bonds is 2. The zero-order valence-electron chi connectivity index (χ0n) is 14.6. The lowest BCUT2D eigenvalue weighted by molar-refractivity contribution is 0.167. The van der Waals surface area contributed by atoms with E-state index in [1.54, 1.807) is 13.3 Å². The molecule has 27 heavy (non-hydrogen) atoms. The number of aryl methyl sites for hydroxylation is 1. The molecule has 3 heterocycles. The van der Waals surface area contributed by atoms with Crippen molar-refractivity contribution in [3.63, 3.8) is 0 Å². The summed E-state index contributed by atoms with van der Waals surface area (Å²) in [5, 5.41) is 0.722. The van der Waals surface area contributed by atoms with Gasteiger partial charge in [-0.05, 0) is 24.6 Å². The van der Waals surface area contributed by atoms with Gasteiger partial charge >= 0.3 is 0 Å². The van der Waals surface area contributed by atoms with Crippen LogP contribution in [0.2, 0.25) is 0 Å². The molecule has 0 aliphatic carbocycles. The van der Waals surface area contributed by atoms with Crippen molar-refractivity contribution in [3.05, 3.63) is 35.8 Å². The van der Waals surface area contributed by atoms with Crippen LogP contribution in [0.3, 0.4) is 0 Å². The molecule has 1 aliphatic heterocycles. The molecule has 136 valence electrons. The van der Waals surface area contributed by atoms with E-state index in [4.69, 9.17) is 14.2 Å². The largest absolute Gasteiger partial charge is 0.484 e. The van der Waals surface area contributed by atoms with Crippen molar-refractivity contribution < 1.29 is 18.6 Å². The van der Waals surface area contributed by atoms with E-state index < -0.39 is 5.82 Å². The van der Waals surface area contributed by atoms with Gasteiger partial charge in [-0.25, -0.2) is 19.3 Å². The molecule has 0 saturated heterocycles. The molecule has 0 amide bonds. The van der Waals surface area contributed by atoms with Gasteiger partial charge in [-0.3, -0.25) is 0 Å². The first-order chi connectivity index (χ1) is 13.1. The molecule has 6 nitrogen and oxygen atoms in total. The smallest absolute Gasteiger partial charge is 0.232 e. The van der Waals surface area contributed by atoms with Gasteiger partial charge in [-0.1, -0.05) is 0 Å². The Balaban J connectivity index is 1.76. The van der Waals surface area contributed by atoms with Crippen LogP contribution in [0.5, 0.6) is 17.4 Å². The topological polar surface area (TPSA) is 66.4 Å². The minimum atomic E-state index is -0.465. The van der Waals surface area contributed by atoms with Crippen molar-refractivity contribution in [1.29, 1.82) is 0 Å². The lowest BCUT2D eigenvalue weighted by Crippen LogP contribution is -2.16. The second kappa shape index (κ2) is 6.02. The fraction of sp³-hybridized carbons (Fsp3) is 0.211. The molecule has 0 N–H and O–H groups in total. The van der Waals surface area contributed by atoms with Gasteiger partial charge in [0.05, 0.1) is 29.9 Å². The number of hydrogen-bond acceptors (Lipinski definition) is 7. The third kappa shape index (κ3) is 2.56. The van der Waals surface area contributed by atoms with Gasteiger partial charge in [0, 0.05) is 11.6 Å². The highest BCUT2D eigenvalue weighted by Crippen LogP contribution is 2.45. The second-order valence-electron chi connectivity index (χ2n) is 6.17. The van der Waals surface area contributed by atoms with E-state index in [9.17, 15) is 4.39 Å². The molecule has 2 aromatic carbocycles. The molecule has 0 bridgehead atoms. The van der Waals surface area contributed by atoms with Gasteiger partial charge in [0.25, 0.3) is 0 Å². The van der Waals surface area contributed by atoms with Crippen LogP contribution in [0, 0.1) is 12.7 Å². The number of fused-ring (bicyclic) bond motifs is 4. The lowest BCUT2D eigenvalue weighted by atomic mass is 10.1. The summed E-state index contributed by atoms with van der Waals surface area (Å²) in [7, 11) is 1.56. The Hall–Kier alpha value is -3.00. The summed E-state index contributed by atoms with van der Waals surface area (Å²) in [6.45, 7) is 2.70. The molecule has 0 atom stereocenters. The molecule has 0 radical (unpaired) electrons. The third-order valence-corrected chi connectivity index (χ3v) is 5.43. The Morgan fingerprint density at radius 2 is 1.89 bits per heavy atom. The molecule has 8 heteroatoms. The van der Waals surface area contributed by atoms with Crippen molar-refractivity contribution in [1.82, 2.24) is 15.0 Å². The van der Waals surface area contributed by atoms with Gasteiger partial charge in [0.15, 0.2) is 17.3 Å². The van der Waals surface area contributed by atoms with Gasteiger partial charge in [-0.15, -0.1) is 11.3 Å². The highest BCUT2D eigenvalue weighted by atomic mass is 32.1. The van der Waals surface area contributed by atoms with Crippen LogP contribution in [0.25, 0.3) is 31.8 Å². The SMILES string of the molecule is COc1cnc2c(-c3nc4cc(F)c5c(c4s3)OCCO5)cc(C)cc2n1. The highest BCUT2D eigenvalue weighted by Gasteiger charge is 2.24. The highest BCUT2D eigenvalue weighted by molar-refractivity contribution is 7.22. The van der Waals surface area contributed by atoms with Crippen molar-refractivity contribution >= 4 is 32.6 Å².